The van der Waals surface area contributed by atoms with Gasteiger partial charge in [0.15, 0.2) is 22.3 Å². The summed E-state index contributed by atoms with van der Waals surface area (Å²) in [5.74, 6) is -1.47. The van der Waals surface area contributed by atoms with E-state index in [-0.39, 0.29) is 93.0 Å². The standard InChI is InChI=1S/C17H23N5O5S.C16H21N5O6S.C5H5N.H3N/c1-5-9-8(4)11(27-17(25)26)15(28-9)22-6-18-10-12(22)19-16(21-14(10)24)20-13(23)7(2)3;1-6(2)12(23)19-15-18-11-9(13(24)20-15)17-5-21(11)14-10(27-16(25)26)7(3)8(4-22)28-14;1-2-4-6-5-3-1;/h6-9,11,15H,5H2,1-4H3,(H,25,26)(H2,19,20,21,23,24);5-8,10,14,22H,4H2,1-3H3,(H,25,26)(H2,18,19,20,23,24);1-5H;1H3/t8-,9-,11-,15-;7-,8-,10-,14-;;/m11../s1. The van der Waals surface area contributed by atoms with Crippen molar-refractivity contribution in [2.45, 2.75) is 88.3 Å². The first-order valence-electron chi connectivity index (χ1n) is 19.6. The van der Waals surface area contributed by atoms with Crippen LogP contribution in [-0.4, -0.2) is 113 Å². The highest BCUT2D eigenvalue weighted by Gasteiger charge is 2.46. The average molecular weight is 917 g/mol. The molecular formula is C38H52N12O11S2. The second-order valence-electron chi connectivity index (χ2n) is 14.9. The number of aliphatic hydroxyl groups is 1. The zero-order chi connectivity index (χ0) is 45.4. The maximum atomic E-state index is 12.4. The van der Waals surface area contributed by atoms with Crippen molar-refractivity contribution in [1.29, 1.82) is 0 Å². The Morgan fingerprint density at radius 1 is 0.746 bits per heavy atom. The Hall–Kier alpha value is -6.05. The largest absolute Gasteiger partial charge is 0.506 e. The van der Waals surface area contributed by atoms with Crippen molar-refractivity contribution in [1.82, 2.24) is 50.2 Å². The molecule has 0 bridgehead atoms. The number of rotatable bonds is 10. The zero-order valence-electron chi connectivity index (χ0n) is 35.5. The van der Waals surface area contributed by atoms with Crippen LogP contribution >= 0.6 is 23.5 Å². The number of carboxylic acid groups (broad SMARTS) is 2. The van der Waals surface area contributed by atoms with Crippen molar-refractivity contribution in [2.75, 3.05) is 17.2 Å². The normalized spacial score (nSPS) is 22.6. The van der Waals surface area contributed by atoms with E-state index in [1.54, 1.807) is 67.9 Å². The Kier molecular flexibility index (Phi) is 17.2. The van der Waals surface area contributed by atoms with Crippen LogP contribution in [0.4, 0.5) is 21.5 Å². The summed E-state index contributed by atoms with van der Waals surface area (Å²) in [6.45, 7) is 12.5. The molecule has 8 atom stereocenters. The average Bonchev–Trinajstić information content (AvgIpc) is 3.99. The number of nitrogens with one attached hydrogen (secondary N) is 4. The summed E-state index contributed by atoms with van der Waals surface area (Å²) >= 11 is 2.88. The van der Waals surface area contributed by atoms with Crippen molar-refractivity contribution < 1.29 is 44.0 Å². The maximum Gasteiger partial charge on any atom is 0.506 e. The van der Waals surface area contributed by atoms with Crippen molar-refractivity contribution in [3.05, 3.63) is 64.0 Å². The molecule has 0 spiro atoms. The van der Waals surface area contributed by atoms with E-state index in [2.05, 4.69) is 45.5 Å². The van der Waals surface area contributed by atoms with Gasteiger partial charge in [-0.25, -0.2) is 19.6 Å². The van der Waals surface area contributed by atoms with E-state index in [4.69, 9.17) is 19.7 Å². The molecule has 5 aromatic rings. The van der Waals surface area contributed by atoms with Gasteiger partial charge in [-0.1, -0.05) is 54.5 Å². The molecule has 5 aromatic heterocycles. The highest BCUT2D eigenvalue weighted by atomic mass is 32.2. The van der Waals surface area contributed by atoms with Gasteiger partial charge in [0.2, 0.25) is 23.7 Å². The van der Waals surface area contributed by atoms with E-state index < -0.39 is 46.4 Å². The van der Waals surface area contributed by atoms with Crippen LogP contribution in [0, 0.1) is 23.7 Å². The molecule has 2 amide bonds. The number of thioether (sulfide) groups is 2. The molecule has 0 saturated carbocycles. The van der Waals surface area contributed by atoms with E-state index in [0.29, 0.717) is 0 Å². The Bertz CT molecular complexity index is 2300. The van der Waals surface area contributed by atoms with Gasteiger partial charge in [0.05, 0.1) is 19.3 Å². The van der Waals surface area contributed by atoms with Crippen LogP contribution in [0.3, 0.4) is 0 Å². The number of hydrogen-bond acceptors (Lipinski definition) is 17. The molecule has 63 heavy (non-hydrogen) atoms. The number of carbonyl (C=O) groups is 4. The van der Waals surface area contributed by atoms with E-state index in [1.165, 1.54) is 24.4 Å². The van der Waals surface area contributed by atoms with Gasteiger partial charge in [-0.15, -0.1) is 23.5 Å². The van der Waals surface area contributed by atoms with Gasteiger partial charge in [-0.3, -0.25) is 53.9 Å². The number of nitrogens with zero attached hydrogens (tertiary/aromatic N) is 7. The number of fused-ring (bicyclic) bond motifs is 2. The Morgan fingerprint density at radius 2 is 1.16 bits per heavy atom. The summed E-state index contributed by atoms with van der Waals surface area (Å²) in [6.07, 6.45) is 3.02. The molecule has 25 heteroatoms. The van der Waals surface area contributed by atoms with E-state index in [9.17, 15) is 33.9 Å². The molecule has 0 unspecified atom stereocenters. The second kappa shape index (κ2) is 21.8. The number of hydrogen-bond donors (Lipinski definition) is 8. The van der Waals surface area contributed by atoms with Crippen LogP contribution in [0.1, 0.15) is 65.6 Å². The van der Waals surface area contributed by atoms with E-state index in [0.717, 1.165) is 6.42 Å². The molecule has 2 saturated heterocycles. The minimum Gasteiger partial charge on any atom is -0.450 e. The lowest BCUT2D eigenvalue weighted by Gasteiger charge is -2.22. The molecule has 2 fully saturated rings. The number of imidazole rings is 2. The van der Waals surface area contributed by atoms with Crippen LogP contribution in [0.2, 0.25) is 0 Å². The van der Waals surface area contributed by atoms with Crippen LogP contribution < -0.4 is 27.9 Å². The molecule has 23 nitrogen and oxygen atoms in total. The highest BCUT2D eigenvalue weighted by Crippen LogP contribution is 2.49. The molecule has 2 aliphatic rings. The summed E-state index contributed by atoms with van der Waals surface area (Å²) in [5, 5.41) is 31.9. The fourth-order valence-corrected chi connectivity index (χ4v) is 9.86. The minimum atomic E-state index is -1.43. The van der Waals surface area contributed by atoms with Gasteiger partial charge >= 0.3 is 12.3 Å². The summed E-state index contributed by atoms with van der Waals surface area (Å²) in [5.41, 5.74) is -0.398. The van der Waals surface area contributed by atoms with Gasteiger partial charge in [0, 0.05) is 46.6 Å². The fraction of sp³-hybridized carbons (Fsp3) is 0.500. The summed E-state index contributed by atoms with van der Waals surface area (Å²) in [4.78, 5) is 96.5. The highest BCUT2D eigenvalue weighted by molar-refractivity contribution is 8.00. The number of aromatic nitrogens is 9. The van der Waals surface area contributed by atoms with Gasteiger partial charge < -0.3 is 30.9 Å². The minimum absolute atomic E-state index is 0. The first-order chi connectivity index (χ1) is 29.4. The quantitative estimate of drug-likeness (QED) is 0.0880. The SMILES string of the molecule is CC(C)C(=O)Nc1nc2c(ncn2[C@@H]2S[C@H](CO)[C@@H](C)[C@H]2OC(=O)O)c(=O)[nH]1.CC[C@H]1S[C@@H](n2cnc3c(=O)[nH]c(NC(=O)C(C)C)nc32)[C@H](OC(=O)O)[C@@H]1C.N.c1ccncc1. The third-order valence-corrected chi connectivity index (χ3v) is 13.6. The third kappa shape index (κ3) is 11.7. The Morgan fingerprint density at radius 3 is 1.49 bits per heavy atom. The summed E-state index contributed by atoms with van der Waals surface area (Å²) in [6, 6.07) is 5.72. The molecule has 0 aliphatic carbocycles. The molecule has 7 heterocycles. The smallest absolute Gasteiger partial charge is 0.450 e. The number of aliphatic hydroxyl groups excluding tert-OH is 1. The summed E-state index contributed by atoms with van der Waals surface area (Å²) < 4.78 is 13.4. The number of aromatic amines is 2. The molecule has 342 valence electrons. The molecule has 7 rings (SSSR count). The number of carbonyl (C=O) groups excluding carboxylic acids is 2. The molecular weight excluding hydrogens is 865 g/mol. The van der Waals surface area contributed by atoms with Crippen LogP contribution in [0.25, 0.3) is 22.3 Å². The first kappa shape index (κ1) is 49.6. The lowest BCUT2D eigenvalue weighted by molar-refractivity contribution is -0.119. The van der Waals surface area contributed by atoms with Crippen molar-refractivity contribution in [3.8, 4) is 0 Å². The molecule has 0 radical (unpaired) electrons. The number of anilines is 2. The predicted molar refractivity (Wildman–Crippen MR) is 235 cm³/mol. The monoisotopic (exact) mass is 916 g/mol. The number of H-pyrrole nitrogens is 2. The third-order valence-electron chi connectivity index (χ3n) is 9.97. The Labute approximate surface area is 368 Å². The van der Waals surface area contributed by atoms with Crippen molar-refractivity contribution in [2.24, 2.45) is 23.7 Å². The second-order valence-corrected chi connectivity index (χ2v) is 17.6. The van der Waals surface area contributed by atoms with Crippen LogP contribution in [0.5, 0.6) is 0 Å². The number of ether oxygens (including phenoxy) is 2. The van der Waals surface area contributed by atoms with Crippen LogP contribution in [0.15, 0.2) is 52.8 Å². The number of amides is 2. The molecule has 10 N–H and O–H groups in total. The summed E-state index contributed by atoms with van der Waals surface area (Å²) in [7, 11) is 0. The maximum absolute atomic E-state index is 12.4. The zero-order valence-corrected chi connectivity index (χ0v) is 37.1. The van der Waals surface area contributed by atoms with E-state index >= 15 is 0 Å². The topological polar surface area (TPSA) is 347 Å². The number of pyridine rings is 1. The molecule has 0 aromatic carbocycles. The van der Waals surface area contributed by atoms with E-state index in [1.807, 2.05) is 32.0 Å². The van der Waals surface area contributed by atoms with Gasteiger partial charge in [-0.05, 0) is 18.6 Å². The molecule has 2 aliphatic heterocycles. The fourth-order valence-electron chi connectivity index (χ4n) is 6.57. The van der Waals surface area contributed by atoms with Gasteiger partial charge in [0.25, 0.3) is 11.1 Å². The van der Waals surface area contributed by atoms with Crippen molar-refractivity contribution in [3.63, 3.8) is 0 Å². The predicted octanol–water partition coefficient (Wildman–Crippen LogP) is 4.70. The lowest BCUT2D eigenvalue weighted by atomic mass is 9.99. The van der Waals surface area contributed by atoms with Crippen LogP contribution in [-0.2, 0) is 19.1 Å². The van der Waals surface area contributed by atoms with Gasteiger partial charge in [-0.2, -0.15) is 9.97 Å². The van der Waals surface area contributed by atoms with Gasteiger partial charge in [0.1, 0.15) is 23.0 Å². The first-order valence-corrected chi connectivity index (χ1v) is 21.4. The van der Waals surface area contributed by atoms with Crippen molar-refractivity contribution >= 4 is 81.9 Å². The lowest BCUT2D eigenvalue weighted by Crippen LogP contribution is -2.30. The Balaban J connectivity index is 0.000000240.